The van der Waals surface area contributed by atoms with E-state index in [1.807, 2.05) is 30.7 Å². The van der Waals surface area contributed by atoms with Gasteiger partial charge < -0.3 is 9.13 Å². The highest BCUT2D eigenvalue weighted by Crippen LogP contribution is 2.40. The fourth-order valence-electron chi connectivity index (χ4n) is 10.5. The van der Waals surface area contributed by atoms with Crippen molar-refractivity contribution in [3.8, 4) is 62.2 Å². The Hall–Kier alpha value is -9.46. The smallest absolute Gasteiger partial charge is 0.159 e. The third-order valence-corrected chi connectivity index (χ3v) is 13.6. The number of benzene rings is 8. The highest BCUT2D eigenvalue weighted by Gasteiger charge is 2.20. The highest BCUT2D eigenvalue weighted by molar-refractivity contribution is 6.13. The second-order valence-electron chi connectivity index (χ2n) is 17.5. The monoisotopic (exact) mass is 881 g/mol. The van der Waals surface area contributed by atoms with Crippen molar-refractivity contribution in [1.29, 1.82) is 0 Å². The fraction of sp³-hybridized carbons (Fsp3) is 0. The Labute approximate surface area is 396 Å². The molecule has 14 aromatic rings. The number of hydrogen-bond donors (Lipinski definition) is 0. The van der Waals surface area contributed by atoms with Crippen LogP contribution in [-0.2, 0) is 0 Å². The third-order valence-electron chi connectivity index (χ3n) is 13.6. The Morgan fingerprint density at radius 1 is 0.290 bits per heavy atom. The van der Waals surface area contributed by atoms with E-state index < -0.39 is 0 Å². The van der Waals surface area contributed by atoms with Crippen molar-refractivity contribution in [3.63, 3.8) is 0 Å². The number of hydrogen-bond acceptors (Lipinski definition) is 4. The van der Waals surface area contributed by atoms with Crippen molar-refractivity contribution < 1.29 is 0 Å². The molecule has 322 valence electrons. The molecule has 0 fully saturated rings. The summed E-state index contributed by atoms with van der Waals surface area (Å²) < 4.78 is 6.97. The second kappa shape index (κ2) is 15.6. The molecule has 0 radical (unpaired) electrons. The molecule has 0 aliphatic carbocycles. The fourth-order valence-corrected chi connectivity index (χ4v) is 10.5. The van der Waals surface area contributed by atoms with Gasteiger partial charge in [0.2, 0.25) is 0 Å². The van der Waals surface area contributed by atoms with E-state index in [0.717, 1.165) is 106 Å². The van der Waals surface area contributed by atoms with Crippen LogP contribution >= 0.6 is 0 Å². The molecule has 7 heteroatoms. The largest absolute Gasteiger partial charge is 0.309 e. The third kappa shape index (κ3) is 6.29. The first-order chi connectivity index (χ1) is 34.2. The van der Waals surface area contributed by atoms with Gasteiger partial charge in [-0.3, -0.25) is 9.55 Å². The number of fused-ring (bicyclic) bond motifs is 9. The van der Waals surface area contributed by atoms with E-state index in [-0.39, 0.29) is 0 Å². The average Bonchev–Trinajstić information content (AvgIpc) is 4.06. The summed E-state index contributed by atoms with van der Waals surface area (Å²) in [5.41, 5.74) is 15.8. The zero-order chi connectivity index (χ0) is 45.4. The molecular weight excluding hydrogens is 843 g/mol. The molecule has 0 bridgehead atoms. The SMILES string of the molecule is c1ccc(-c2cc(-c3ccccc3)nc(-n3c4ccccc4c4ccc(-c5nccc(-c6ccc7c(c6)c6ccccc6n7-c6ccc7c(c6)c6ccncc6n7-c6ccccc6)n5)cc43)c2)cc1. The van der Waals surface area contributed by atoms with Crippen molar-refractivity contribution in [2.45, 2.75) is 0 Å². The summed E-state index contributed by atoms with van der Waals surface area (Å²) in [5.74, 6) is 1.50. The highest BCUT2D eigenvalue weighted by atomic mass is 15.1. The van der Waals surface area contributed by atoms with Crippen molar-refractivity contribution in [3.05, 3.63) is 237 Å². The lowest BCUT2D eigenvalue weighted by molar-refractivity contribution is 1.08. The van der Waals surface area contributed by atoms with Gasteiger partial charge in [0.05, 0.1) is 50.7 Å². The maximum atomic E-state index is 5.36. The Bertz CT molecular complexity index is 4240. The molecular formula is C62H39N7. The van der Waals surface area contributed by atoms with Crippen LogP contribution in [0.4, 0.5) is 0 Å². The average molecular weight is 882 g/mol. The van der Waals surface area contributed by atoms with Gasteiger partial charge in [-0.1, -0.05) is 133 Å². The van der Waals surface area contributed by atoms with Crippen LogP contribution in [0.15, 0.2) is 237 Å². The molecule has 8 aromatic carbocycles. The Balaban J connectivity index is 0.889. The van der Waals surface area contributed by atoms with E-state index in [4.69, 9.17) is 15.0 Å². The number of para-hydroxylation sites is 3. The molecule has 0 aliphatic heterocycles. The summed E-state index contributed by atoms with van der Waals surface area (Å²) in [4.78, 5) is 20.0. The van der Waals surface area contributed by atoms with Crippen LogP contribution in [0, 0.1) is 0 Å². The summed E-state index contributed by atoms with van der Waals surface area (Å²) in [5, 5.41) is 6.98. The van der Waals surface area contributed by atoms with Crippen molar-refractivity contribution in [2.75, 3.05) is 0 Å². The summed E-state index contributed by atoms with van der Waals surface area (Å²) in [6, 6.07) is 77.3. The van der Waals surface area contributed by atoms with E-state index in [1.165, 1.54) is 16.2 Å². The first-order valence-electron chi connectivity index (χ1n) is 23.2. The predicted molar refractivity (Wildman–Crippen MR) is 282 cm³/mol. The molecule has 6 heterocycles. The predicted octanol–water partition coefficient (Wildman–Crippen LogP) is 15.2. The Morgan fingerprint density at radius 3 is 1.70 bits per heavy atom. The summed E-state index contributed by atoms with van der Waals surface area (Å²) in [6.07, 6.45) is 5.72. The lowest BCUT2D eigenvalue weighted by atomic mass is 10.0. The maximum absolute atomic E-state index is 5.36. The standard InChI is InChI=1S/C62H39N7/c1-4-14-40(15-5-1)44-35-54(41-16-6-2-7-17-41)65-61(37-44)69-56-23-13-10-20-47(56)49-27-24-43(36-59(49)69)62-64-33-31-53(66-62)42-25-28-57-51(34-42)48-21-11-12-22-55(48)68(57)46-26-29-58-52(38-46)50-30-32-63-39-60(50)67(58)45-18-8-3-9-19-45/h1-39H. The molecule has 0 atom stereocenters. The summed E-state index contributed by atoms with van der Waals surface area (Å²) >= 11 is 0. The molecule has 6 aromatic heterocycles. The van der Waals surface area contributed by atoms with Crippen LogP contribution in [0.25, 0.3) is 128 Å². The van der Waals surface area contributed by atoms with Crippen molar-refractivity contribution in [2.24, 2.45) is 0 Å². The van der Waals surface area contributed by atoms with Gasteiger partial charge in [-0.15, -0.1) is 0 Å². The first kappa shape index (κ1) is 38.8. The van der Waals surface area contributed by atoms with Crippen LogP contribution in [0.5, 0.6) is 0 Å². The van der Waals surface area contributed by atoms with Gasteiger partial charge in [0.15, 0.2) is 5.82 Å². The first-order valence-corrected chi connectivity index (χ1v) is 23.2. The minimum Gasteiger partial charge on any atom is -0.309 e. The molecule has 0 N–H and O–H groups in total. The molecule has 0 saturated carbocycles. The van der Waals surface area contributed by atoms with Crippen LogP contribution < -0.4 is 0 Å². The maximum Gasteiger partial charge on any atom is 0.159 e. The molecule has 0 spiro atoms. The zero-order valence-electron chi connectivity index (χ0n) is 37.1. The van der Waals surface area contributed by atoms with E-state index in [0.29, 0.717) is 5.82 Å². The number of pyridine rings is 2. The van der Waals surface area contributed by atoms with E-state index in [9.17, 15) is 0 Å². The minimum atomic E-state index is 0.655. The van der Waals surface area contributed by atoms with Crippen LogP contribution in [-0.4, -0.2) is 33.6 Å². The van der Waals surface area contributed by atoms with Crippen LogP contribution in [0.1, 0.15) is 0 Å². The number of nitrogens with zero attached hydrogens (tertiary/aromatic N) is 7. The molecule has 69 heavy (non-hydrogen) atoms. The molecule has 0 amide bonds. The number of rotatable bonds is 7. The number of aromatic nitrogens is 7. The minimum absolute atomic E-state index is 0.655. The Kier molecular flexibility index (Phi) is 8.75. The summed E-state index contributed by atoms with van der Waals surface area (Å²) in [6.45, 7) is 0. The molecule has 0 unspecified atom stereocenters. The quantitative estimate of drug-likeness (QED) is 0.160. The lowest BCUT2D eigenvalue weighted by Gasteiger charge is -2.13. The van der Waals surface area contributed by atoms with Crippen LogP contribution in [0.3, 0.4) is 0 Å². The molecule has 7 nitrogen and oxygen atoms in total. The van der Waals surface area contributed by atoms with Crippen molar-refractivity contribution >= 4 is 65.4 Å². The van der Waals surface area contributed by atoms with Crippen LogP contribution in [0.2, 0.25) is 0 Å². The van der Waals surface area contributed by atoms with Gasteiger partial charge >= 0.3 is 0 Å². The summed E-state index contributed by atoms with van der Waals surface area (Å²) in [7, 11) is 0. The van der Waals surface area contributed by atoms with Gasteiger partial charge in [-0.05, 0) is 96.1 Å². The lowest BCUT2D eigenvalue weighted by Crippen LogP contribution is -2.00. The topological polar surface area (TPSA) is 66.3 Å². The van der Waals surface area contributed by atoms with Gasteiger partial charge in [-0.25, -0.2) is 15.0 Å². The molecule has 0 aliphatic rings. The normalized spacial score (nSPS) is 11.8. The van der Waals surface area contributed by atoms with Gasteiger partial charge in [0.25, 0.3) is 0 Å². The van der Waals surface area contributed by atoms with E-state index in [2.05, 4.69) is 225 Å². The zero-order valence-corrected chi connectivity index (χ0v) is 37.1. The van der Waals surface area contributed by atoms with E-state index >= 15 is 0 Å². The molecule has 0 saturated heterocycles. The Morgan fingerprint density at radius 2 is 0.899 bits per heavy atom. The van der Waals surface area contributed by atoms with Gasteiger partial charge in [-0.2, -0.15) is 0 Å². The van der Waals surface area contributed by atoms with Crippen molar-refractivity contribution in [1.82, 2.24) is 33.6 Å². The van der Waals surface area contributed by atoms with Gasteiger partial charge in [0, 0.05) is 72.8 Å². The molecule has 14 rings (SSSR count). The van der Waals surface area contributed by atoms with E-state index in [1.54, 1.807) is 0 Å². The second-order valence-corrected chi connectivity index (χ2v) is 17.5. The van der Waals surface area contributed by atoms with Gasteiger partial charge in [0.1, 0.15) is 5.82 Å².